The third-order valence-corrected chi connectivity index (χ3v) is 6.86. The predicted octanol–water partition coefficient (Wildman–Crippen LogP) is -0.579. The highest BCUT2D eigenvalue weighted by Crippen LogP contribution is 2.31. The van der Waals surface area contributed by atoms with Crippen LogP contribution >= 0.6 is 0 Å². The highest BCUT2D eigenvalue weighted by atomic mass is 16.3. The van der Waals surface area contributed by atoms with Crippen LogP contribution in [0.1, 0.15) is 51.9 Å². The molecule has 0 radical (unpaired) electrons. The Morgan fingerprint density at radius 2 is 2.00 bits per heavy atom. The Morgan fingerprint density at radius 3 is 2.63 bits per heavy atom. The highest BCUT2D eigenvalue weighted by Gasteiger charge is 2.43. The molecule has 168 valence electrons. The Morgan fingerprint density at radius 1 is 1.23 bits per heavy atom. The molecule has 6 atom stereocenters. The monoisotopic (exact) mass is 422 g/mol. The molecule has 0 aromatic heterocycles. The van der Waals surface area contributed by atoms with E-state index in [1.807, 2.05) is 0 Å². The third kappa shape index (κ3) is 5.00. The van der Waals surface area contributed by atoms with Crippen molar-refractivity contribution in [3.8, 4) is 0 Å². The van der Waals surface area contributed by atoms with Crippen LogP contribution in [0.3, 0.4) is 0 Å². The Kier molecular flexibility index (Phi) is 7.46. The quantitative estimate of drug-likeness (QED) is 0.493. The molecule has 30 heavy (non-hydrogen) atoms. The molecular weight excluding hydrogens is 388 g/mol. The zero-order chi connectivity index (χ0) is 21.8. The number of aldehydes is 1. The van der Waals surface area contributed by atoms with Crippen LogP contribution in [0, 0.1) is 5.92 Å². The first-order chi connectivity index (χ1) is 14.3. The van der Waals surface area contributed by atoms with Gasteiger partial charge in [0.05, 0.1) is 18.2 Å². The molecule has 9 nitrogen and oxygen atoms in total. The van der Waals surface area contributed by atoms with Crippen LogP contribution in [0.25, 0.3) is 0 Å². The van der Waals surface area contributed by atoms with E-state index in [2.05, 4.69) is 10.6 Å². The molecule has 0 aromatic rings. The van der Waals surface area contributed by atoms with Crippen molar-refractivity contribution in [1.29, 1.82) is 0 Å². The van der Waals surface area contributed by atoms with E-state index >= 15 is 0 Å². The van der Waals surface area contributed by atoms with E-state index in [1.54, 1.807) is 23.8 Å². The topological polar surface area (TPSA) is 119 Å². The van der Waals surface area contributed by atoms with Crippen LogP contribution in [0.2, 0.25) is 0 Å². The standard InChI is InChI=1S/C21H34N4O5/c1-13(22-2)20(29)23-18-11-24(19(28)10-14-3-6-17(27)9-14)8-7-15-4-5-16(12-26)25(15)21(18)30/h12-18,22,27H,3-11H2,1-2H3,(H,23,29)/t13-,14-,15+,16-,17-,18-/m0/s1. The van der Waals surface area contributed by atoms with Gasteiger partial charge in [-0.05, 0) is 58.4 Å². The summed E-state index contributed by atoms with van der Waals surface area (Å²) < 4.78 is 0. The van der Waals surface area contributed by atoms with E-state index in [9.17, 15) is 24.3 Å². The lowest BCUT2D eigenvalue weighted by Gasteiger charge is -2.38. The van der Waals surface area contributed by atoms with Crippen molar-refractivity contribution in [2.75, 3.05) is 20.1 Å². The van der Waals surface area contributed by atoms with Gasteiger partial charge in [0.25, 0.3) is 0 Å². The Labute approximate surface area is 177 Å². The largest absolute Gasteiger partial charge is 0.393 e. The molecule has 2 saturated heterocycles. The zero-order valence-electron chi connectivity index (χ0n) is 17.9. The van der Waals surface area contributed by atoms with Crippen LogP contribution in [0.5, 0.6) is 0 Å². The lowest BCUT2D eigenvalue weighted by Crippen LogP contribution is -2.61. The molecule has 0 bridgehead atoms. The van der Waals surface area contributed by atoms with E-state index < -0.39 is 18.1 Å². The number of nitrogens with one attached hydrogen (secondary N) is 2. The predicted molar refractivity (Wildman–Crippen MR) is 109 cm³/mol. The summed E-state index contributed by atoms with van der Waals surface area (Å²) in [7, 11) is 1.66. The molecule has 1 aliphatic carbocycles. The minimum Gasteiger partial charge on any atom is -0.393 e. The lowest BCUT2D eigenvalue weighted by atomic mass is 10.0. The second kappa shape index (κ2) is 9.87. The van der Waals surface area contributed by atoms with Crippen molar-refractivity contribution >= 4 is 24.0 Å². The molecule has 3 rings (SSSR count). The second-order valence-electron chi connectivity index (χ2n) is 8.92. The lowest BCUT2D eigenvalue weighted by molar-refractivity contribution is -0.145. The number of rotatable bonds is 6. The minimum atomic E-state index is -0.880. The van der Waals surface area contributed by atoms with Gasteiger partial charge >= 0.3 is 0 Å². The number of hydrogen-bond donors (Lipinski definition) is 3. The van der Waals surface area contributed by atoms with E-state index in [-0.39, 0.29) is 42.3 Å². The summed E-state index contributed by atoms with van der Waals surface area (Å²) in [5, 5.41) is 15.4. The fourth-order valence-electron chi connectivity index (χ4n) is 4.92. The minimum absolute atomic E-state index is 0.0406. The van der Waals surface area contributed by atoms with Crippen molar-refractivity contribution in [2.24, 2.45) is 5.92 Å². The average molecular weight is 423 g/mol. The Hall–Kier alpha value is -2.00. The van der Waals surface area contributed by atoms with Crippen molar-refractivity contribution in [1.82, 2.24) is 20.4 Å². The van der Waals surface area contributed by atoms with E-state index in [1.165, 1.54) is 0 Å². The molecular formula is C21H34N4O5. The molecule has 3 N–H and O–H groups in total. The van der Waals surface area contributed by atoms with Crippen LogP contribution in [0.15, 0.2) is 0 Å². The molecule has 3 aliphatic rings. The molecule has 2 heterocycles. The van der Waals surface area contributed by atoms with Crippen LogP contribution in [-0.2, 0) is 19.2 Å². The normalized spacial score (nSPS) is 32.9. The number of nitrogens with zero attached hydrogens (tertiary/aromatic N) is 2. The summed E-state index contributed by atoms with van der Waals surface area (Å²) in [5.74, 6) is -0.490. The van der Waals surface area contributed by atoms with E-state index in [0.717, 1.165) is 25.5 Å². The highest BCUT2D eigenvalue weighted by molar-refractivity contribution is 5.92. The van der Waals surface area contributed by atoms with E-state index in [0.29, 0.717) is 32.2 Å². The number of aliphatic hydroxyl groups excluding tert-OH is 1. The maximum absolute atomic E-state index is 13.3. The van der Waals surface area contributed by atoms with Crippen molar-refractivity contribution in [2.45, 2.75) is 82.1 Å². The number of fused-ring (bicyclic) bond motifs is 1. The first-order valence-corrected chi connectivity index (χ1v) is 11.0. The number of carbonyl (C=O) groups is 4. The zero-order valence-corrected chi connectivity index (χ0v) is 17.9. The molecule has 1 saturated carbocycles. The summed E-state index contributed by atoms with van der Waals surface area (Å²) in [4.78, 5) is 53.6. The van der Waals surface area contributed by atoms with Gasteiger partial charge in [0, 0.05) is 25.6 Å². The Balaban J connectivity index is 1.76. The van der Waals surface area contributed by atoms with Gasteiger partial charge in [0.15, 0.2) is 0 Å². The first-order valence-electron chi connectivity index (χ1n) is 11.0. The maximum Gasteiger partial charge on any atom is 0.247 e. The van der Waals surface area contributed by atoms with Gasteiger partial charge < -0.3 is 30.3 Å². The second-order valence-corrected chi connectivity index (χ2v) is 8.92. The van der Waals surface area contributed by atoms with Gasteiger partial charge in [-0.1, -0.05) is 0 Å². The maximum atomic E-state index is 13.3. The van der Waals surface area contributed by atoms with Crippen LogP contribution < -0.4 is 10.6 Å². The number of amides is 3. The van der Waals surface area contributed by atoms with Crippen molar-refractivity contribution in [3.63, 3.8) is 0 Å². The van der Waals surface area contributed by atoms with Gasteiger partial charge in [0.1, 0.15) is 12.3 Å². The Bertz CT molecular complexity index is 672. The molecule has 9 heteroatoms. The molecule has 0 unspecified atom stereocenters. The fourth-order valence-corrected chi connectivity index (χ4v) is 4.92. The molecule has 3 amide bonds. The SMILES string of the molecule is CN[C@@H](C)C(=O)N[C@H]1CN(C(=O)C[C@H]2CC[C@H](O)C2)CC[C@H]2CC[C@@H](C=O)N2C1=O. The number of hydrogen-bond acceptors (Lipinski definition) is 6. The van der Waals surface area contributed by atoms with Crippen LogP contribution in [0.4, 0.5) is 0 Å². The van der Waals surface area contributed by atoms with Crippen LogP contribution in [-0.4, -0.2) is 89.3 Å². The summed E-state index contributed by atoms with van der Waals surface area (Å²) in [6.45, 7) is 2.29. The van der Waals surface area contributed by atoms with Crippen molar-refractivity contribution < 1.29 is 24.3 Å². The average Bonchev–Trinajstić information content (AvgIpc) is 3.32. The van der Waals surface area contributed by atoms with Gasteiger partial charge in [0.2, 0.25) is 17.7 Å². The summed E-state index contributed by atoms with van der Waals surface area (Å²) in [5.41, 5.74) is 0. The van der Waals surface area contributed by atoms with Crippen molar-refractivity contribution in [3.05, 3.63) is 0 Å². The third-order valence-electron chi connectivity index (χ3n) is 6.86. The first kappa shape index (κ1) is 22.7. The summed E-state index contributed by atoms with van der Waals surface area (Å²) >= 11 is 0. The fraction of sp³-hybridized carbons (Fsp3) is 0.810. The molecule has 3 fully saturated rings. The summed E-state index contributed by atoms with van der Waals surface area (Å²) in [6, 6.07) is -1.93. The number of likely N-dealkylation sites (N-methyl/N-ethyl adjacent to an activating group) is 1. The van der Waals surface area contributed by atoms with E-state index in [4.69, 9.17) is 0 Å². The van der Waals surface area contributed by atoms with Gasteiger partial charge in [-0.3, -0.25) is 14.4 Å². The molecule has 2 aliphatic heterocycles. The van der Waals surface area contributed by atoms with Gasteiger partial charge in [-0.25, -0.2) is 0 Å². The molecule has 0 aromatic carbocycles. The number of carbonyl (C=O) groups excluding carboxylic acids is 4. The number of aliphatic hydroxyl groups is 1. The summed E-state index contributed by atoms with van der Waals surface area (Å²) in [6.07, 6.45) is 4.98. The van der Waals surface area contributed by atoms with Gasteiger partial charge in [-0.15, -0.1) is 0 Å². The molecule has 0 spiro atoms. The smallest absolute Gasteiger partial charge is 0.247 e. The van der Waals surface area contributed by atoms with Gasteiger partial charge in [-0.2, -0.15) is 0 Å².